The molecule has 0 aromatic rings. The second-order valence-electron chi connectivity index (χ2n) is 20.0. The predicted molar refractivity (Wildman–Crippen MR) is 269 cm³/mol. The molecule has 0 aromatic carbocycles. The van der Waals surface area contributed by atoms with Crippen LogP contribution in [-0.4, -0.2) is 402 Å². The smallest absolute Gasteiger partial charge is 0.323 e. The molecule has 82 heavy (non-hydrogen) atoms. The van der Waals surface area contributed by atoms with E-state index >= 15 is 0 Å². The Morgan fingerprint density at radius 2 is 0.744 bits per heavy atom. The third-order valence-electron chi connectivity index (χ3n) is 14.0. The Kier molecular flexibility index (Phi) is 34.4. The zero-order chi connectivity index (χ0) is 63.2. The third-order valence-corrected chi connectivity index (χ3v) is 14.0. The van der Waals surface area contributed by atoms with Crippen molar-refractivity contribution >= 4 is 29.8 Å². The van der Waals surface area contributed by atoms with Crippen LogP contribution in [0, 0.1) is 0 Å². The van der Waals surface area contributed by atoms with Crippen molar-refractivity contribution in [2.75, 3.05) is 78.7 Å². The SMILES string of the molecule is CCCCN1CC(O)[C@@H](O)[C@H](O)C1C(=O)O.O=C(O)C1NCC(O)[C@@H](O)[C@@H]1O.O=C(O)C1NCC(O)[C@@H](O)[C@@H]1O.O=C(O)C1[C@@H](O)[C@H](O)C(O)CN1CCO.O=C(O)CCN1CC(O)[C@@H](O)[C@H](O)C1CO.OCC1NCC(O)[C@@H](O)[C@@H]1O. The highest BCUT2D eigenvalue weighted by molar-refractivity contribution is 5.76. The fraction of sp³-hybridized carbons (Fsp3) is 0.889. The number of aliphatic carboxylic acids is 5. The summed E-state index contributed by atoms with van der Waals surface area (Å²) in [6.45, 7) is 1.85. The van der Waals surface area contributed by atoms with Crippen molar-refractivity contribution in [2.24, 2.45) is 0 Å². The van der Waals surface area contributed by atoms with Gasteiger partial charge >= 0.3 is 29.8 Å². The number of carbonyl (C=O) groups is 5. The lowest BCUT2D eigenvalue weighted by atomic mass is 9.93. The van der Waals surface area contributed by atoms with Crippen LogP contribution in [0.5, 0.6) is 0 Å². The van der Waals surface area contributed by atoms with Gasteiger partial charge in [-0.1, -0.05) is 13.3 Å². The first-order valence-corrected chi connectivity index (χ1v) is 25.8. The molecule has 6 fully saturated rings. The molecule has 0 saturated carbocycles. The van der Waals surface area contributed by atoms with E-state index in [1.807, 2.05) is 6.92 Å². The molecule has 6 rings (SSSR count). The molecule has 37 nitrogen and oxygen atoms in total. The Morgan fingerprint density at radius 3 is 1.09 bits per heavy atom. The lowest BCUT2D eigenvalue weighted by Crippen LogP contribution is -2.64. The standard InChI is InChI=1S/C10H19NO5.C9H17NO6.C8H15NO6.2C6H11NO5.C6H13NO4/c1-2-3-4-11-5-6(12)8(13)9(14)7(11)10(15)16;11-4-5-8(15)9(16)6(12)3-10(5)2-1-7(13)14;10-2-1-9-3-4(11)6(12)7(13)5(9)8(14)15;2*8-2-1-7-3(6(11)12)5(10)4(2)9;8-2-3-5(10)6(11)4(9)1-7-3/h6-9,12-14H,2-5H2,1H3,(H,15,16);5-6,8-9,11-12,15-16H,1-4H2,(H,13,14);4-7,10-13H,1-3H2,(H,14,15);2*2-5,7-10H,1H2,(H,11,12);3-11H,1-2H2/t6?,7?,8-,9-;5?,6?,8-,9-;4?,5?,6-,7-;2*2?,3?,4-,5-;3?,4?,5-,6-/m111111/s1. The molecule has 482 valence electrons. The highest BCUT2D eigenvalue weighted by atomic mass is 16.4. The number of aliphatic hydroxyl groups is 21. The number of carboxylic acid groups (broad SMARTS) is 5. The van der Waals surface area contributed by atoms with Crippen LogP contribution in [-0.2, 0) is 24.0 Å². The maximum Gasteiger partial charge on any atom is 0.323 e. The molecule has 0 bridgehead atoms. The molecular formula is C45H86N6O31. The number of carboxylic acids is 5. The van der Waals surface area contributed by atoms with Gasteiger partial charge in [-0.25, -0.2) is 0 Å². The number of hydrogen-bond acceptors (Lipinski definition) is 32. The summed E-state index contributed by atoms with van der Waals surface area (Å²) >= 11 is 0. The van der Waals surface area contributed by atoms with Crippen LogP contribution < -0.4 is 16.0 Å². The fourth-order valence-corrected chi connectivity index (χ4v) is 9.06. The minimum atomic E-state index is -1.56. The Hall–Kier alpha value is -3.73. The monoisotopic (exact) mass is 1210 g/mol. The second-order valence-corrected chi connectivity index (χ2v) is 20.0. The summed E-state index contributed by atoms with van der Waals surface area (Å²) in [5, 5.41) is 244. The maximum atomic E-state index is 11.0. The minimum Gasteiger partial charge on any atom is -0.481 e. The van der Waals surface area contributed by atoms with Gasteiger partial charge in [-0.3, -0.25) is 49.3 Å². The predicted octanol–water partition coefficient (Wildman–Crippen LogP) is -16.0. The molecule has 12 unspecified atom stereocenters. The molecule has 0 aromatic heterocycles. The molecule has 0 spiro atoms. The van der Waals surface area contributed by atoms with Crippen LogP contribution in [0.2, 0.25) is 0 Å². The van der Waals surface area contributed by atoms with Crippen LogP contribution >= 0.6 is 0 Å². The highest BCUT2D eigenvalue weighted by Crippen LogP contribution is 2.22. The number of hydrogen-bond donors (Lipinski definition) is 29. The number of likely N-dealkylation sites (tertiary alicyclic amines) is 3. The Labute approximate surface area is 467 Å². The van der Waals surface area contributed by atoms with E-state index in [-0.39, 0.29) is 72.0 Å². The van der Waals surface area contributed by atoms with Gasteiger partial charge in [0.25, 0.3) is 0 Å². The van der Waals surface area contributed by atoms with E-state index in [0.29, 0.717) is 6.54 Å². The summed E-state index contributed by atoms with van der Waals surface area (Å²) < 4.78 is 0. The molecule has 0 aliphatic carbocycles. The average Bonchev–Trinajstić information content (AvgIpc) is 3.40. The van der Waals surface area contributed by atoms with Gasteiger partial charge in [0.15, 0.2) is 0 Å². The van der Waals surface area contributed by atoms with E-state index < -0.39 is 183 Å². The molecule has 37 heteroatoms. The van der Waals surface area contributed by atoms with Crippen molar-refractivity contribution in [3.05, 3.63) is 0 Å². The number of aliphatic hydroxyl groups excluding tert-OH is 21. The summed E-state index contributed by atoms with van der Waals surface area (Å²) in [5.74, 6) is -5.94. The topological polar surface area (TPSA) is 657 Å². The number of β-amino-alcohol motifs (C(OH)–C–C–N with tert-alkyl or cyclic N) is 7. The number of nitrogens with one attached hydrogen (secondary N) is 3. The average molecular weight is 1210 g/mol. The number of rotatable bonds is 14. The summed E-state index contributed by atoms with van der Waals surface area (Å²) in [5.41, 5.74) is 0. The van der Waals surface area contributed by atoms with E-state index in [1.165, 1.54) is 14.7 Å². The summed E-state index contributed by atoms with van der Waals surface area (Å²) in [4.78, 5) is 57.2. The van der Waals surface area contributed by atoms with Crippen LogP contribution in [0.1, 0.15) is 26.2 Å². The number of nitrogens with zero attached hydrogens (tertiary/aromatic N) is 3. The van der Waals surface area contributed by atoms with Crippen molar-refractivity contribution in [2.45, 2.75) is 172 Å². The highest BCUT2D eigenvalue weighted by Gasteiger charge is 2.47. The second kappa shape index (κ2) is 37.0. The first kappa shape index (κ1) is 76.3. The third kappa shape index (κ3) is 22.3. The fourth-order valence-electron chi connectivity index (χ4n) is 9.06. The molecule has 0 amide bonds. The molecule has 29 N–H and O–H groups in total. The first-order valence-electron chi connectivity index (χ1n) is 25.8. The molecule has 0 radical (unpaired) electrons. The normalized spacial score (nSPS) is 39.7. The van der Waals surface area contributed by atoms with Gasteiger partial charge in [-0.15, -0.1) is 0 Å². The van der Waals surface area contributed by atoms with Gasteiger partial charge in [-0.05, 0) is 13.0 Å². The lowest BCUT2D eigenvalue weighted by Gasteiger charge is -2.42. The van der Waals surface area contributed by atoms with E-state index in [0.717, 1.165) is 12.8 Å². The van der Waals surface area contributed by atoms with Gasteiger partial charge in [-0.2, -0.15) is 0 Å². The molecule has 6 saturated heterocycles. The quantitative estimate of drug-likeness (QED) is 0.0768. The van der Waals surface area contributed by atoms with Crippen molar-refractivity contribution in [3.8, 4) is 0 Å². The minimum absolute atomic E-state index is 0.0256. The van der Waals surface area contributed by atoms with E-state index in [4.69, 9.17) is 81.7 Å². The molecule has 24 atom stereocenters. The summed E-state index contributed by atoms with van der Waals surface area (Å²) in [6.07, 6.45) is -21.5. The maximum absolute atomic E-state index is 11.0. The number of unbranched alkanes of at least 4 members (excludes halogenated alkanes) is 1. The van der Waals surface area contributed by atoms with Gasteiger partial charge in [0.2, 0.25) is 0 Å². The zero-order valence-electron chi connectivity index (χ0n) is 44.5. The Bertz CT molecular complexity index is 1850. The van der Waals surface area contributed by atoms with E-state index in [9.17, 15) is 75.0 Å². The van der Waals surface area contributed by atoms with E-state index in [2.05, 4.69) is 16.0 Å². The van der Waals surface area contributed by atoms with Crippen molar-refractivity contribution in [1.82, 2.24) is 30.7 Å². The largest absolute Gasteiger partial charge is 0.481 e. The van der Waals surface area contributed by atoms with Gasteiger partial charge < -0.3 is 138 Å². The zero-order valence-corrected chi connectivity index (χ0v) is 44.5. The first-order chi connectivity index (χ1) is 38.2. The lowest BCUT2D eigenvalue weighted by molar-refractivity contribution is -0.171. The Balaban J connectivity index is 0.000000495. The van der Waals surface area contributed by atoms with Gasteiger partial charge in [0.05, 0.1) is 81.1 Å². The van der Waals surface area contributed by atoms with E-state index in [1.54, 1.807) is 0 Å². The molecule has 6 heterocycles. The van der Waals surface area contributed by atoms with Crippen LogP contribution in [0.4, 0.5) is 0 Å². The number of piperidine rings is 6. The molecule has 6 aliphatic heterocycles. The van der Waals surface area contributed by atoms with Crippen molar-refractivity contribution in [3.63, 3.8) is 0 Å². The van der Waals surface area contributed by atoms with Gasteiger partial charge in [0, 0.05) is 52.4 Å². The van der Waals surface area contributed by atoms with Crippen molar-refractivity contribution < 1.29 is 157 Å². The van der Waals surface area contributed by atoms with Crippen LogP contribution in [0.3, 0.4) is 0 Å². The summed E-state index contributed by atoms with van der Waals surface area (Å²) in [7, 11) is 0. The van der Waals surface area contributed by atoms with Crippen LogP contribution in [0.25, 0.3) is 0 Å². The Morgan fingerprint density at radius 1 is 0.390 bits per heavy atom. The van der Waals surface area contributed by atoms with Crippen molar-refractivity contribution in [1.29, 1.82) is 0 Å². The molecule has 6 aliphatic rings. The summed E-state index contributed by atoms with van der Waals surface area (Å²) in [6, 6.07) is -6.11. The van der Waals surface area contributed by atoms with Gasteiger partial charge in [0.1, 0.15) is 91.3 Å². The molecular weight excluding hydrogens is 1120 g/mol. The van der Waals surface area contributed by atoms with Crippen LogP contribution in [0.15, 0.2) is 0 Å².